The fourth-order valence-electron chi connectivity index (χ4n) is 2.44. The van der Waals surface area contributed by atoms with Crippen LogP contribution in [-0.4, -0.2) is 17.6 Å². The van der Waals surface area contributed by atoms with Crippen LogP contribution in [0.1, 0.15) is 32.1 Å². The summed E-state index contributed by atoms with van der Waals surface area (Å²) in [4.78, 5) is 11.2. The van der Waals surface area contributed by atoms with E-state index in [0.29, 0.717) is 12.8 Å². The van der Waals surface area contributed by atoms with Crippen LogP contribution in [0.15, 0.2) is 12.3 Å². The van der Waals surface area contributed by atoms with E-state index in [1.807, 2.05) is 0 Å². The lowest BCUT2D eigenvalue weighted by Gasteiger charge is -2.40. The number of carbonyl (C=O) groups excluding carboxylic acids is 1. The molecular formula is C11H13F3O2. The third kappa shape index (κ3) is 2.23. The van der Waals surface area contributed by atoms with Gasteiger partial charge in [0.1, 0.15) is 5.60 Å². The van der Waals surface area contributed by atoms with Gasteiger partial charge in [0.15, 0.2) is 5.78 Å². The fourth-order valence-corrected chi connectivity index (χ4v) is 2.44. The van der Waals surface area contributed by atoms with E-state index >= 15 is 0 Å². The number of hydrogen-bond acceptors (Lipinski definition) is 2. The van der Waals surface area contributed by atoms with Crippen molar-refractivity contribution < 1.29 is 22.7 Å². The number of allylic oxidation sites excluding steroid dienone is 1. The van der Waals surface area contributed by atoms with Crippen LogP contribution in [0.25, 0.3) is 0 Å². The van der Waals surface area contributed by atoms with Gasteiger partial charge in [0, 0.05) is 6.08 Å². The highest BCUT2D eigenvalue weighted by Crippen LogP contribution is 2.44. The molecule has 1 aliphatic heterocycles. The monoisotopic (exact) mass is 234 g/mol. The van der Waals surface area contributed by atoms with Crippen LogP contribution >= 0.6 is 0 Å². The Labute approximate surface area is 91.5 Å². The summed E-state index contributed by atoms with van der Waals surface area (Å²) in [5.74, 6) is -1.29. The number of ether oxygens (including phenoxy) is 1. The average molecular weight is 234 g/mol. The van der Waals surface area contributed by atoms with Gasteiger partial charge < -0.3 is 4.74 Å². The average Bonchev–Trinajstić information content (AvgIpc) is 2.16. The van der Waals surface area contributed by atoms with E-state index < -0.39 is 17.7 Å². The maximum atomic E-state index is 12.5. The van der Waals surface area contributed by atoms with E-state index in [1.165, 1.54) is 12.3 Å². The quantitative estimate of drug-likeness (QED) is 0.644. The molecule has 1 saturated carbocycles. The zero-order chi connectivity index (χ0) is 11.8. The lowest BCUT2D eigenvalue weighted by molar-refractivity contribution is -0.193. The standard InChI is InChI=1S/C11H13F3O2/c12-11(13,14)8-1-4-10(5-2-8)7-9(15)3-6-16-10/h3,6,8H,1-2,4-5,7H2. The van der Waals surface area contributed by atoms with E-state index in [0.717, 1.165) is 0 Å². The highest BCUT2D eigenvalue weighted by Gasteiger charge is 2.47. The molecule has 1 fully saturated rings. The van der Waals surface area contributed by atoms with Gasteiger partial charge in [0.05, 0.1) is 18.6 Å². The van der Waals surface area contributed by atoms with Crippen molar-refractivity contribution >= 4 is 5.78 Å². The highest BCUT2D eigenvalue weighted by atomic mass is 19.4. The Morgan fingerprint density at radius 3 is 2.44 bits per heavy atom. The first-order valence-electron chi connectivity index (χ1n) is 5.35. The van der Waals surface area contributed by atoms with Gasteiger partial charge >= 0.3 is 6.18 Å². The van der Waals surface area contributed by atoms with Crippen LogP contribution in [0.5, 0.6) is 0 Å². The van der Waals surface area contributed by atoms with Gasteiger partial charge in [-0.3, -0.25) is 4.79 Å². The second-order valence-corrected chi connectivity index (χ2v) is 4.56. The summed E-state index contributed by atoms with van der Waals surface area (Å²) in [6.07, 6.45) is -0.499. The molecule has 5 heteroatoms. The molecule has 0 amide bonds. The molecule has 0 unspecified atom stereocenters. The molecule has 0 aromatic carbocycles. The summed E-state index contributed by atoms with van der Waals surface area (Å²) in [5.41, 5.74) is -0.659. The molecule has 2 nitrogen and oxygen atoms in total. The molecule has 2 rings (SSSR count). The summed E-state index contributed by atoms with van der Waals surface area (Å²) in [6.45, 7) is 0. The molecule has 0 saturated heterocycles. The van der Waals surface area contributed by atoms with E-state index in [9.17, 15) is 18.0 Å². The van der Waals surface area contributed by atoms with E-state index in [1.54, 1.807) is 0 Å². The molecule has 2 aliphatic rings. The van der Waals surface area contributed by atoms with Crippen LogP contribution in [0.4, 0.5) is 13.2 Å². The number of ketones is 1. The predicted molar refractivity (Wildman–Crippen MR) is 50.6 cm³/mol. The SMILES string of the molecule is O=C1C=COC2(CCC(C(F)(F)F)CC2)C1. The molecule has 90 valence electrons. The molecule has 0 atom stereocenters. The smallest absolute Gasteiger partial charge is 0.391 e. The summed E-state index contributed by atoms with van der Waals surface area (Å²) < 4.78 is 42.7. The minimum atomic E-state index is -4.11. The molecular weight excluding hydrogens is 221 g/mol. The Balaban J connectivity index is 1.99. The Kier molecular flexibility index (Phi) is 2.72. The molecule has 0 aromatic heterocycles. The number of rotatable bonds is 0. The van der Waals surface area contributed by atoms with Crippen molar-refractivity contribution in [1.82, 2.24) is 0 Å². The summed E-state index contributed by atoms with van der Waals surface area (Å²) in [7, 11) is 0. The van der Waals surface area contributed by atoms with Crippen LogP contribution in [0.2, 0.25) is 0 Å². The summed E-state index contributed by atoms with van der Waals surface area (Å²) >= 11 is 0. The normalized spacial score (nSPS) is 35.2. The van der Waals surface area contributed by atoms with Crippen LogP contribution in [-0.2, 0) is 9.53 Å². The van der Waals surface area contributed by atoms with Gasteiger partial charge in [-0.15, -0.1) is 0 Å². The van der Waals surface area contributed by atoms with Gasteiger partial charge in [-0.25, -0.2) is 0 Å². The third-order valence-corrected chi connectivity index (χ3v) is 3.43. The van der Waals surface area contributed by atoms with E-state index in [4.69, 9.17) is 4.74 Å². The minimum Gasteiger partial charge on any atom is -0.494 e. The van der Waals surface area contributed by atoms with Crippen molar-refractivity contribution in [1.29, 1.82) is 0 Å². The minimum absolute atomic E-state index is 0.0586. The van der Waals surface area contributed by atoms with Gasteiger partial charge in [-0.1, -0.05) is 0 Å². The first-order valence-corrected chi connectivity index (χ1v) is 5.35. The molecule has 16 heavy (non-hydrogen) atoms. The summed E-state index contributed by atoms with van der Waals surface area (Å²) in [6, 6.07) is 0. The molecule has 1 aliphatic carbocycles. The lowest BCUT2D eigenvalue weighted by Crippen LogP contribution is -2.42. The van der Waals surface area contributed by atoms with E-state index in [2.05, 4.69) is 0 Å². The van der Waals surface area contributed by atoms with Crippen LogP contribution < -0.4 is 0 Å². The third-order valence-electron chi connectivity index (χ3n) is 3.43. The Morgan fingerprint density at radius 2 is 1.94 bits per heavy atom. The summed E-state index contributed by atoms with van der Waals surface area (Å²) in [5, 5.41) is 0. The van der Waals surface area contributed by atoms with Crippen molar-refractivity contribution in [3.05, 3.63) is 12.3 Å². The first-order chi connectivity index (χ1) is 7.41. The number of carbonyl (C=O) groups is 1. The second kappa shape index (κ2) is 3.79. The van der Waals surface area contributed by atoms with Gasteiger partial charge in [-0.05, 0) is 25.7 Å². The van der Waals surface area contributed by atoms with Gasteiger partial charge in [0.2, 0.25) is 0 Å². The highest BCUT2D eigenvalue weighted by molar-refractivity contribution is 5.90. The van der Waals surface area contributed by atoms with E-state index in [-0.39, 0.29) is 25.0 Å². The predicted octanol–water partition coefficient (Wildman–Crippen LogP) is 2.98. The maximum absolute atomic E-state index is 12.5. The zero-order valence-electron chi connectivity index (χ0n) is 8.72. The topological polar surface area (TPSA) is 26.3 Å². The van der Waals surface area contributed by atoms with Gasteiger partial charge in [0.25, 0.3) is 0 Å². The molecule has 0 aromatic rings. The molecule has 1 spiro atoms. The number of alkyl halides is 3. The van der Waals surface area contributed by atoms with Crippen molar-refractivity contribution in [2.24, 2.45) is 5.92 Å². The molecule has 0 N–H and O–H groups in total. The lowest BCUT2D eigenvalue weighted by atomic mass is 9.75. The molecule has 1 heterocycles. The zero-order valence-corrected chi connectivity index (χ0v) is 8.72. The van der Waals surface area contributed by atoms with Crippen molar-refractivity contribution in [3.63, 3.8) is 0 Å². The van der Waals surface area contributed by atoms with Crippen LogP contribution in [0.3, 0.4) is 0 Å². The Hall–Kier alpha value is -1.00. The largest absolute Gasteiger partial charge is 0.494 e. The Bertz CT molecular complexity index is 312. The van der Waals surface area contributed by atoms with Crippen molar-refractivity contribution in [2.45, 2.75) is 43.9 Å². The fraction of sp³-hybridized carbons (Fsp3) is 0.727. The first kappa shape index (κ1) is 11.5. The Morgan fingerprint density at radius 1 is 1.31 bits per heavy atom. The number of hydrogen-bond donors (Lipinski definition) is 0. The molecule has 0 bridgehead atoms. The molecule has 0 radical (unpaired) electrons. The number of halogens is 3. The maximum Gasteiger partial charge on any atom is 0.391 e. The van der Waals surface area contributed by atoms with Crippen LogP contribution in [0, 0.1) is 5.92 Å². The second-order valence-electron chi connectivity index (χ2n) is 4.56. The van der Waals surface area contributed by atoms with Gasteiger partial charge in [-0.2, -0.15) is 13.2 Å². The van der Waals surface area contributed by atoms with Crippen molar-refractivity contribution in [3.8, 4) is 0 Å². The van der Waals surface area contributed by atoms with Crippen molar-refractivity contribution in [2.75, 3.05) is 0 Å².